The van der Waals surface area contributed by atoms with E-state index in [1.165, 1.54) is 6.07 Å². The zero-order valence-electron chi connectivity index (χ0n) is 18.0. The molecule has 34 heavy (non-hydrogen) atoms. The van der Waals surface area contributed by atoms with Crippen LogP contribution in [0.15, 0.2) is 18.2 Å². The summed E-state index contributed by atoms with van der Waals surface area (Å²) in [5.74, 6) is 10.7. The lowest BCUT2D eigenvalue weighted by atomic mass is 9.95. The predicted molar refractivity (Wildman–Crippen MR) is 114 cm³/mol. The highest BCUT2D eigenvalue weighted by Gasteiger charge is 2.43. The van der Waals surface area contributed by atoms with Gasteiger partial charge in [-0.25, -0.2) is 0 Å². The predicted octanol–water partition coefficient (Wildman–Crippen LogP) is -4.43. The van der Waals surface area contributed by atoms with Gasteiger partial charge in [0.15, 0.2) is 0 Å². The summed E-state index contributed by atoms with van der Waals surface area (Å²) in [4.78, 5) is 0. The first-order valence-electron chi connectivity index (χ1n) is 10.6. The minimum Gasteiger partial charge on any atom is -0.394 e. The van der Waals surface area contributed by atoms with Gasteiger partial charge in [-0.15, -0.1) is 0 Å². The third-order valence-electron chi connectivity index (χ3n) is 5.77. The lowest BCUT2D eigenvalue weighted by Gasteiger charge is -2.37. The summed E-state index contributed by atoms with van der Waals surface area (Å²) in [5.41, 5.74) is 1.16. The Morgan fingerprint density at radius 2 is 1.15 bits per heavy atom. The van der Waals surface area contributed by atoms with Gasteiger partial charge in [0, 0.05) is 11.1 Å². The maximum atomic E-state index is 10.1. The smallest absolute Gasteiger partial charge is 0.147 e. The molecular weight excluding hydrogens is 452 g/mol. The first-order chi connectivity index (χ1) is 16.2. The molecule has 0 amide bonds. The van der Waals surface area contributed by atoms with Crippen LogP contribution < -0.4 is 0 Å². The summed E-state index contributed by atoms with van der Waals surface area (Å²) in [5, 5.41) is 87.8. The van der Waals surface area contributed by atoms with E-state index in [0.717, 1.165) is 0 Å². The molecule has 0 radical (unpaired) electrons. The van der Waals surface area contributed by atoms with Crippen molar-refractivity contribution in [3.63, 3.8) is 0 Å². The van der Waals surface area contributed by atoms with Crippen LogP contribution in [0.1, 0.15) is 16.7 Å². The van der Waals surface area contributed by atoms with Crippen LogP contribution in [0.4, 0.5) is 0 Å². The lowest BCUT2D eigenvalue weighted by Crippen LogP contribution is -2.58. The monoisotopic (exact) mass is 480 g/mol. The number of ether oxygens (including phenoxy) is 2. The fourth-order valence-electron chi connectivity index (χ4n) is 3.67. The molecule has 9 N–H and O–H groups in total. The van der Waals surface area contributed by atoms with Crippen LogP contribution in [0, 0.1) is 23.7 Å². The molecule has 0 aromatic heterocycles. The Morgan fingerprint density at radius 1 is 0.647 bits per heavy atom. The molecule has 186 valence electrons. The highest BCUT2D eigenvalue weighted by atomic mass is 16.5. The second-order valence-electron chi connectivity index (χ2n) is 8.07. The van der Waals surface area contributed by atoms with Crippen molar-refractivity contribution in [1.82, 2.24) is 0 Å². The van der Waals surface area contributed by atoms with Crippen molar-refractivity contribution in [2.45, 2.75) is 67.6 Å². The van der Waals surface area contributed by atoms with Crippen molar-refractivity contribution in [3.8, 4) is 23.7 Å². The van der Waals surface area contributed by atoms with Crippen LogP contribution >= 0.6 is 0 Å². The van der Waals surface area contributed by atoms with Crippen molar-refractivity contribution in [1.29, 1.82) is 0 Å². The van der Waals surface area contributed by atoms with Gasteiger partial charge in [0.05, 0.1) is 19.8 Å². The normalized spacial score (nSPS) is 37.8. The zero-order valence-corrected chi connectivity index (χ0v) is 18.0. The van der Waals surface area contributed by atoms with Gasteiger partial charge in [-0.1, -0.05) is 23.7 Å². The summed E-state index contributed by atoms with van der Waals surface area (Å²) >= 11 is 0. The van der Waals surface area contributed by atoms with Crippen LogP contribution in [-0.2, 0) is 16.1 Å². The third kappa shape index (κ3) is 5.58. The molecule has 3 rings (SSSR count). The summed E-state index contributed by atoms with van der Waals surface area (Å²) in [6.45, 7) is -1.55. The summed E-state index contributed by atoms with van der Waals surface area (Å²) < 4.78 is 10.7. The summed E-state index contributed by atoms with van der Waals surface area (Å²) in [7, 11) is 0. The number of aliphatic hydroxyl groups excluding tert-OH is 9. The molecule has 2 aliphatic heterocycles. The standard InChI is InChI=1S/C23H28O11/c24-8-13-7-11(2-5-14-18(27)22(31)20(29)16(9-25)33-14)1-3-12(13)4-6-15-19(28)23(32)21(30)17(10-26)34-15/h1,3,7,14-32H,8-10H2/t14-,15-,16-,17-,18-,19-,20-,21-,22-,23-/m1/s1. The van der Waals surface area contributed by atoms with Gasteiger partial charge in [-0.05, 0) is 23.8 Å². The second-order valence-corrected chi connectivity index (χ2v) is 8.07. The highest BCUT2D eigenvalue weighted by Crippen LogP contribution is 2.22. The molecule has 0 aliphatic carbocycles. The highest BCUT2D eigenvalue weighted by molar-refractivity contribution is 5.48. The zero-order chi connectivity index (χ0) is 25.0. The topological polar surface area (TPSA) is 201 Å². The first-order valence-corrected chi connectivity index (χ1v) is 10.6. The van der Waals surface area contributed by atoms with Crippen molar-refractivity contribution in [3.05, 3.63) is 34.9 Å². The molecule has 2 fully saturated rings. The molecule has 2 aliphatic rings. The molecule has 1 aromatic carbocycles. The number of hydrogen-bond acceptors (Lipinski definition) is 11. The molecule has 2 heterocycles. The Hall–Kier alpha value is -2.10. The molecular formula is C23H28O11. The number of rotatable bonds is 3. The summed E-state index contributed by atoms with van der Waals surface area (Å²) in [6.07, 6.45) is -13.6. The number of hydrogen-bond donors (Lipinski definition) is 9. The Kier molecular flexibility index (Phi) is 9.01. The fraction of sp³-hybridized carbons (Fsp3) is 0.565. The van der Waals surface area contributed by atoms with Gasteiger partial charge in [0.2, 0.25) is 0 Å². The molecule has 11 heteroatoms. The minimum atomic E-state index is -1.55. The van der Waals surface area contributed by atoms with E-state index in [2.05, 4.69) is 23.7 Å². The van der Waals surface area contributed by atoms with Crippen LogP contribution in [-0.4, -0.2) is 120 Å². The number of aliphatic hydroxyl groups is 9. The van der Waals surface area contributed by atoms with Crippen LogP contribution in [0.3, 0.4) is 0 Å². The van der Waals surface area contributed by atoms with Crippen molar-refractivity contribution < 1.29 is 55.4 Å². The maximum absolute atomic E-state index is 10.1. The average Bonchev–Trinajstić information content (AvgIpc) is 2.85. The Morgan fingerprint density at radius 3 is 1.62 bits per heavy atom. The van der Waals surface area contributed by atoms with E-state index in [1.54, 1.807) is 12.1 Å². The molecule has 1 aromatic rings. The van der Waals surface area contributed by atoms with Gasteiger partial charge in [-0.3, -0.25) is 0 Å². The van der Waals surface area contributed by atoms with Crippen molar-refractivity contribution in [2.75, 3.05) is 13.2 Å². The van der Waals surface area contributed by atoms with Gasteiger partial charge < -0.3 is 55.4 Å². The Balaban J connectivity index is 1.78. The molecule has 0 unspecified atom stereocenters. The van der Waals surface area contributed by atoms with E-state index < -0.39 is 80.9 Å². The quantitative estimate of drug-likeness (QED) is 0.189. The van der Waals surface area contributed by atoms with E-state index in [1.807, 2.05) is 0 Å². The number of benzene rings is 1. The lowest BCUT2D eigenvalue weighted by molar-refractivity contribution is -0.214. The van der Waals surface area contributed by atoms with Gasteiger partial charge in [0.25, 0.3) is 0 Å². The maximum Gasteiger partial charge on any atom is 0.147 e. The SMILES string of the molecule is OCc1cc(C#C[C@H]2O[C@H](CO)[C@@H](O)[C@H](O)[C@@H]2O)ccc1C#C[C@H]1O[C@H](CO)[C@@H](O)[C@H](O)[C@@H]1O. The van der Waals surface area contributed by atoms with E-state index in [9.17, 15) is 46.0 Å². The fourth-order valence-corrected chi connectivity index (χ4v) is 3.67. The third-order valence-corrected chi connectivity index (χ3v) is 5.77. The van der Waals surface area contributed by atoms with E-state index in [-0.39, 0.29) is 0 Å². The van der Waals surface area contributed by atoms with Crippen LogP contribution in [0.25, 0.3) is 0 Å². The second kappa shape index (κ2) is 11.6. The molecule has 10 atom stereocenters. The van der Waals surface area contributed by atoms with E-state index >= 15 is 0 Å². The molecule has 11 nitrogen and oxygen atoms in total. The van der Waals surface area contributed by atoms with E-state index in [0.29, 0.717) is 16.7 Å². The first kappa shape index (κ1) is 26.5. The summed E-state index contributed by atoms with van der Waals surface area (Å²) in [6, 6.07) is 4.63. The molecule has 2 saturated heterocycles. The Bertz CT molecular complexity index is 957. The minimum absolute atomic E-state index is 0.373. The van der Waals surface area contributed by atoms with Gasteiger partial charge in [0.1, 0.15) is 61.0 Å². The largest absolute Gasteiger partial charge is 0.394 e. The molecule has 0 spiro atoms. The molecule has 0 bridgehead atoms. The van der Waals surface area contributed by atoms with Gasteiger partial charge >= 0.3 is 0 Å². The van der Waals surface area contributed by atoms with Gasteiger partial charge in [-0.2, -0.15) is 0 Å². The van der Waals surface area contributed by atoms with Crippen LogP contribution in [0.2, 0.25) is 0 Å². The Labute approximate surface area is 195 Å². The molecule has 0 saturated carbocycles. The van der Waals surface area contributed by atoms with Crippen molar-refractivity contribution in [2.24, 2.45) is 0 Å². The average molecular weight is 480 g/mol. The van der Waals surface area contributed by atoms with Crippen LogP contribution in [0.5, 0.6) is 0 Å². The van der Waals surface area contributed by atoms with Crippen molar-refractivity contribution >= 4 is 0 Å². The van der Waals surface area contributed by atoms with E-state index in [4.69, 9.17) is 9.47 Å².